The van der Waals surface area contributed by atoms with Crippen molar-refractivity contribution >= 4 is 11.6 Å². The molecule has 0 aromatic heterocycles. The fourth-order valence-corrected chi connectivity index (χ4v) is 2.43. The van der Waals surface area contributed by atoms with Crippen molar-refractivity contribution in [2.24, 2.45) is 5.41 Å². The highest BCUT2D eigenvalue weighted by Gasteiger charge is 2.19. The minimum Gasteiger partial charge on any atom is -0.388 e. The van der Waals surface area contributed by atoms with E-state index in [1.807, 2.05) is 32.2 Å². The molecule has 0 bridgehead atoms. The van der Waals surface area contributed by atoms with Crippen LogP contribution in [0.1, 0.15) is 62.4 Å². The Morgan fingerprint density at radius 2 is 1.95 bits per heavy atom. The lowest BCUT2D eigenvalue weighted by Crippen LogP contribution is -2.34. The molecular weight excluding hydrogens is 260 g/mol. The predicted octanol–water partition coefficient (Wildman–Crippen LogP) is 4.37. The summed E-state index contributed by atoms with van der Waals surface area (Å²) in [5.41, 5.74) is 2.95. The smallest absolute Gasteiger partial charge is 0.251 e. The van der Waals surface area contributed by atoms with Crippen molar-refractivity contribution in [2.45, 2.75) is 53.4 Å². The Morgan fingerprint density at radius 3 is 2.52 bits per heavy atom. The van der Waals surface area contributed by atoms with E-state index >= 15 is 0 Å². The van der Waals surface area contributed by atoms with Gasteiger partial charge in [0.15, 0.2) is 0 Å². The third-order valence-corrected chi connectivity index (χ3v) is 3.94. The van der Waals surface area contributed by atoms with Crippen LogP contribution < -0.4 is 10.6 Å². The second kappa shape index (κ2) is 8.06. The van der Waals surface area contributed by atoms with Gasteiger partial charge in [0.2, 0.25) is 0 Å². The molecule has 0 heterocycles. The second-order valence-corrected chi connectivity index (χ2v) is 6.58. The number of unbranched alkanes of at least 4 members (excludes halogenated alkanes) is 2. The normalized spacial score (nSPS) is 11.3. The monoisotopic (exact) mass is 290 g/mol. The third kappa shape index (κ3) is 5.78. The van der Waals surface area contributed by atoms with Gasteiger partial charge in [0.1, 0.15) is 0 Å². The standard InChI is InChI=1S/C18H30N2O/c1-6-7-8-11-18(3,4)13-20-17(21)16-10-9-15(19-5)12-14(16)2/h9-10,12,19H,6-8,11,13H2,1-5H3,(H,20,21). The van der Waals surface area contributed by atoms with Crippen molar-refractivity contribution in [3.05, 3.63) is 29.3 Å². The molecule has 0 aliphatic rings. The van der Waals surface area contributed by atoms with Crippen LogP contribution in [0.4, 0.5) is 5.69 Å². The van der Waals surface area contributed by atoms with Crippen LogP contribution in [0.3, 0.4) is 0 Å². The van der Waals surface area contributed by atoms with Crippen molar-refractivity contribution in [2.75, 3.05) is 18.9 Å². The highest BCUT2D eigenvalue weighted by atomic mass is 16.1. The Labute approximate surface area is 129 Å². The molecule has 0 aliphatic carbocycles. The molecule has 3 heteroatoms. The van der Waals surface area contributed by atoms with Gasteiger partial charge in [0.05, 0.1) is 0 Å². The average Bonchev–Trinajstić information content (AvgIpc) is 2.45. The van der Waals surface area contributed by atoms with E-state index in [2.05, 4.69) is 31.4 Å². The van der Waals surface area contributed by atoms with Crippen molar-refractivity contribution in [3.63, 3.8) is 0 Å². The molecule has 2 N–H and O–H groups in total. The zero-order valence-electron chi connectivity index (χ0n) is 14.2. The minimum atomic E-state index is 0.0266. The summed E-state index contributed by atoms with van der Waals surface area (Å²) >= 11 is 0. The number of rotatable bonds is 8. The number of anilines is 1. The van der Waals surface area contributed by atoms with E-state index in [0.717, 1.165) is 29.8 Å². The lowest BCUT2D eigenvalue weighted by molar-refractivity contribution is 0.0933. The van der Waals surface area contributed by atoms with Gasteiger partial charge < -0.3 is 10.6 Å². The molecule has 0 atom stereocenters. The van der Waals surface area contributed by atoms with Crippen LogP contribution in [0.15, 0.2) is 18.2 Å². The van der Waals surface area contributed by atoms with Gasteiger partial charge in [0, 0.05) is 24.8 Å². The summed E-state index contributed by atoms with van der Waals surface area (Å²) < 4.78 is 0. The average molecular weight is 290 g/mol. The zero-order valence-corrected chi connectivity index (χ0v) is 14.2. The number of hydrogen-bond donors (Lipinski definition) is 2. The number of nitrogens with one attached hydrogen (secondary N) is 2. The number of amides is 1. The van der Waals surface area contributed by atoms with Gasteiger partial charge in [0.25, 0.3) is 5.91 Å². The number of aryl methyl sites for hydroxylation is 1. The van der Waals surface area contributed by atoms with Gasteiger partial charge in [-0.1, -0.05) is 40.0 Å². The maximum absolute atomic E-state index is 12.3. The molecule has 3 nitrogen and oxygen atoms in total. The summed E-state index contributed by atoms with van der Waals surface area (Å²) in [5.74, 6) is 0.0266. The molecule has 0 radical (unpaired) electrons. The molecule has 1 aromatic carbocycles. The molecule has 1 rings (SSSR count). The van der Waals surface area contributed by atoms with Gasteiger partial charge in [-0.05, 0) is 42.5 Å². The molecule has 0 fully saturated rings. The maximum atomic E-state index is 12.3. The van der Waals surface area contributed by atoms with Crippen LogP contribution in [0, 0.1) is 12.3 Å². The SMILES string of the molecule is CCCCCC(C)(C)CNC(=O)c1ccc(NC)cc1C. The number of carbonyl (C=O) groups is 1. The number of carbonyl (C=O) groups excluding carboxylic acids is 1. The molecule has 1 aromatic rings. The van der Waals surface area contributed by atoms with Crippen LogP contribution in [0.25, 0.3) is 0 Å². The van der Waals surface area contributed by atoms with E-state index in [4.69, 9.17) is 0 Å². The number of benzene rings is 1. The van der Waals surface area contributed by atoms with Crippen molar-refractivity contribution in [1.82, 2.24) is 5.32 Å². The van der Waals surface area contributed by atoms with Crippen LogP contribution in [-0.2, 0) is 0 Å². The Bertz CT molecular complexity index is 466. The highest BCUT2D eigenvalue weighted by molar-refractivity contribution is 5.96. The van der Waals surface area contributed by atoms with E-state index in [1.165, 1.54) is 19.3 Å². The van der Waals surface area contributed by atoms with Crippen molar-refractivity contribution in [3.8, 4) is 0 Å². The van der Waals surface area contributed by atoms with Gasteiger partial charge in [-0.15, -0.1) is 0 Å². The fourth-order valence-electron chi connectivity index (χ4n) is 2.43. The summed E-state index contributed by atoms with van der Waals surface area (Å²) in [7, 11) is 1.88. The lowest BCUT2D eigenvalue weighted by atomic mass is 9.87. The molecule has 0 spiro atoms. The van der Waals surface area contributed by atoms with E-state index in [0.29, 0.717) is 0 Å². The molecule has 1 amide bonds. The first-order valence-electron chi connectivity index (χ1n) is 7.96. The predicted molar refractivity (Wildman–Crippen MR) is 91.0 cm³/mol. The van der Waals surface area contributed by atoms with Crippen molar-refractivity contribution < 1.29 is 4.79 Å². The molecule has 0 unspecified atom stereocenters. The van der Waals surface area contributed by atoms with Gasteiger partial charge in [-0.2, -0.15) is 0 Å². The Balaban J connectivity index is 2.57. The molecule has 118 valence electrons. The number of hydrogen-bond acceptors (Lipinski definition) is 2. The first-order valence-corrected chi connectivity index (χ1v) is 7.96. The first kappa shape index (κ1) is 17.5. The van der Waals surface area contributed by atoms with Gasteiger partial charge >= 0.3 is 0 Å². The second-order valence-electron chi connectivity index (χ2n) is 6.58. The Hall–Kier alpha value is -1.51. The first-order chi connectivity index (χ1) is 9.89. The molecule has 21 heavy (non-hydrogen) atoms. The fraction of sp³-hybridized carbons (Fsp3) is 0.611. The van der Waals surface area contributed by atoms with E-state index in [9.17, 15) is 4.79 Å². The van der Waals surface area contributed by atoms with Crippen molar-refractivity contribution in [1.29, 1.82) is 0 Å². The van der Waals surface area contributed by atoms with Crippen LogP contribution in [-0.4, -0.2) is 19.5 Å². The summed E-state index contributed by atoms with van der Waals surface area (Å²) in [6.45, 7) is 9.36. The van der Waals surface area contributed by atoms with E-state index in [1.54, 1.807) is 0 Å². The third-order valence-electron chi connectivity index (χ3n) is 3.94. The van der Waals surface area contributed by atoms with E-state index in [-0.39, 0.29) is 11.3 Å². The van der Waals surface area contributed by atoms with Crippen LogP contribution in [0.2, 0.25) is 0 Å². The van der Waals surface area contributed by atoms with Gasteiger partial charge in [-0.25, -0.2) is 0 Å². The topological polar surface area (TPSA) is 41.1 Å². The van der Waals surface area contributed by atoms with E-state index < -0.39 is 0 Å². The van der Waals surface area contributed by atoms with Crippen LogP contribution >= 0.6 is 0 Å². The summed E-state index contributed by atoms with van der Waals surface area (Å²) in [4.78, 5) is 12.3. The Morgan fingerprint density at radius 1 is 1.24 bits per heavy atom. The largest absolute Gasteiger partial charge is 0.388 e. The summed E-state index contributed by atoms with van der Waals surface area (Å²) in [5, 5.41) is 6.17. The van der Waals surface area contributed by atoms with Gasteiger partial charge in [-0.3, -0.25) is 4.79 Å². The maximum Gasteiger partial charge on any atom is 0.251 e. The minimum absolute atomic E-state index is 0.0266. The summed E-state index contributed by atoms with van der Waals surface area (Å²) in [6.07, 6.45) is 4.88. The van der Waals surface area contributed by atoms with Crippen LogP contribution in [0.5, 0.6) is 0 Å². The molecular formula is C18H30N2O. The Kier molecular flexibility index (Phi) is 6.73. The lowest BCUT2D eigenvalue weighted by Gasteiger charge is -2.25. The quantitative estimate of drug-likeness (QED) is 0.698. The molecule has 0 saturated heterocycles. The molecule has 0 saturated carbocycles. The summed E-state index contributed by atoms with van der Waals surface area (Å²) in [6, 6.07) is 5.83. The highest BCUT2D eigenvalue weighted by Crippen LogP contribution is 2.23. The zero-order chi connectivity index (χ0) is 15.9. The molecule has 0 aliphatic heterocycles.